The molecule has 0 aliphatic carbocycles. The van der Waals surface area contributed by atoms with E-state index in [0.29, 0.717) is 40.6 Å². The summed E-state index contributed by atoms with van der Waals surface area (Å²) in [5, 5.41) is 0.659. The number of ketones is 1. The Hall–Kier alpha value is -1.89. The molecule has 25 heavy (non-hydrogen) atoms. The van der Waals surface area contributed by atoms with Gasteiger partial charge < -0.3 is 4.74 Å². The van der Waals surface area contributed by atoms with E-state index in [1.54, 1.807) is 36.4 Å². The van der Waals surface area contributed by atoms with Gasteiger partial charge in [-0.05, 0) is 59.4 Å². The number of benzene rings is 2. The number of carbonyl (C=O) groups is 2. The van der Waals surface area contributed by atoms with Gasteiger partial charge in [-0.25, -0.2) is 0 Å². The van der Waals surface area contributed by atoms with Gasteiger partial charge in [0.1, 0.15) is 12.4 Å². The molecule has 0 aromatic heterocycles. The number of nitrogens with zero attached hydrogens (tertiary/aromatic N) is 2. The molecule has 5 nitrogen and oxygen atoms in total. The number of hydrogen-bond donors (Lipinski definition) is 0. The number of Topliss-reactive ketones (excluding diaryl/α,β-unsaturated/α-hetero) is 1. The van der Waals surface area contributed by atoms with Crippen LogP contribution in [0.25, 0.3) is 0 Å². The molecule has 3 rings (SSSR count). The van der Waals surface area contributed by atoms with Crippen LogP contribution in [-0.2, 0) is 4.79 Å². The minimum absolute atomic E-state index is 0.317. The number of anilines is 1. The lowest BCUT2D eigenvalue weighted by Crippen LogP contribution is -2.40. The summed E-state index contributed by atoms with van der Waals surface area (Å²) in [5.41, 5.74) is 1.06. The topological polar surface area (TPSA) is 49.9 Å². The molecule has 1 aliphatic rings. The lowest BCUT2D eigenvalue weighted by Gasteiger charge is -2.24. The molecule has 0 N–H and O–H groups in total. The molecule has 0 spiro atoms. The van der Waals surface area contributed by atoms with Crippen LogP contribution in [0.4, 0.5) is 5.69 Å². The molecule has 130 valence electrons. The van der Waals surface area contributed by atoms with Crippen LogP contribution in [0.3, 0.4) is 0 Å². The van der Waals surface area contributed by atoms with Gasteiger partial charge >= 0.3 is 5.91 Å². The summed E-state index contributed by atoms with van der Waals surface area (Å²) in [6, 6.07) is 12.5. The number of rotatable bonds is 6. The van der Waals surface area contributed by atoms with Gasteiger partial charge in [-0.3, -0.25) is 19.4 Å². The number of hydrogen-bond acceptors (Lipinski definition) is 4. The molecule has 0 radical (unpaired) electrons. The van der Waals surface area contributed by atoms with E-state index in [4.69, 9.17) is 16.3 Å². The van der Waals surface area contributed by atoms with Crippen LogP contribution >= 0.6 is 27.5 Å². The summed E-state index contributed by atoms with van der Waals surface area (Å²) in [4.78, 5) is 27.8. The average molecular weight is 424 g/mol. The van der Waals surface area contributed by atoms with Crippen LogP contribution in [0.2, 0.25) is 5.02 Å². The summed E-state index contributed by atoms with van der Waals surface area (Å²) >= 11 is 9.18. The fraction of sp³-hybridized carbons (Fsp3) is 0.222. The Labute approximate surface area is 159 Å². The largest absolute Gasteiger partial charge is 0.492 e. The van der Waals surface area contributed by atoms with E-state index in [1.165, 1.54) is 4.90 Å². The number of likely N-dealkylation sites (N-methyl/N-ethyl adjacent to an activating group) is 1. The van der Waals surface area contributed by atoms with Crippen LogP contribution in [0.5, 0.6) is 5.75 Å². The van der Waals surface area contributed by atoms with Crippen molar-refractivity contribution in [1.29, 1.82) is 0 Å². The molecule has 7 heteroatoms. The van der Waals surface area contributed by atoms with Gasteiger partial charge in [0.2, 0.25) is 0 Å². The smallest absolute Gasteiger partial charge is 0.300 e. The highest BCUT2D eigenvalue weighted by Gasteiger charge is 2.37. The standard InChI is InChI=1S/C18H16BrClN2O3/c1-21(9-10-25-13-7-5-12(20)6-8-13)11-22-15-4-2-3-14(19)16(15)17(23)18(22)24/h2-8H,9-11H2,1H3. The zero-order valence-electron chi connectivity index (χ0n) is 13.5. The molecule has 1 amide bonds. The van der Waals surface area contributed by atoms with Gasteiger partial charge in [0.05, 0.1) is 17.9 Å². The summed E-state index contributed by atoms with van der Waals surface area (Å²) < 4.78 is 6.29. The first-order chi connectivity index (χ1) is 12.0. The monoisotopic (exact) mass is 422 g/mol. The van der Waals surface area contributed by atoms with E-state index < -0.39 is 11.7 Å². The van der Waals surface area contributed by atoms with Crippen molar-refractivity contribution in [2.45, 2.75) is 0 Å². The minimum Gasteiger partial charge on any atom is -0.492 e. The first-order valence-corrected chi connectivity index (χ1v) is 8.86. The molecule has 0 unspecified atom stereocenters. The predicted octanol–water partition coefficient (Wildman–Crippen LogP) is 3.60. The van der Waals surface area contributed by atoms with Crippen molar-refractivity contribution < 1.29 is 14.3 Å². The Morgan fingerprint density at radius 1 is 1.16 bits per heavy atom. The molecular weight excluding hydrogens is 408 g/mol. The van der Waals surface area contributed by atoms with Gasteiger partial charge in [-0.1, -0.05) is 17.7 Å². The van der Waals surface area contributed by atoms with Crippen LogP contribution in [0.15, 0.2) is 46.9 Å². The Bertz CT molecular complexity index is 810. The third-order valence-electron chi connectivity index (χ3n) is 3.89. The number of fused-ring (bicyclic) bond motifs is 1. The Morgan fingerprint density at radius 3 is 2.60 bits per heavy atom. The first-order valence-electron chi connectivity index (χ1n) is 7.69. The fourth-order valence-electron chi connectivity index (χ4n) is 2.60. The molecule has 1 aliphatic heterocycles. The van der Waals surface area contributed by atoms with E-state index in [-0.39, 0.29) is 0 Å². The lowest BCUT2D eigenvalue weighted by atomic mass is 10.1. The van der Waals surface area contributed by atoms with E-state index in [9.17, 15) is 9.59 Å². The quantitative estimate of drug-likeness (QED) is 0.666. The van der Waals surface area contributed by atoms with Gasteiger partial charge in [0.15, 0.2) is 0 Å². The van der Waals surface area contributed by atoms with Gasteiger partial charge in [0, 0.05) is 16.0 Å². The van der Waals surface area contributed by atoms with Crippen LogP contribution < -0.4 is 9.64 Å². The van der Waals surface area contributed by atoms with Crippen molar-refractivity contribution in [3.05, 3.63) is 57.5 Å². The maximum absolute atomic E-state index is 12.3. The SMILES string of the molecule is CN(CCOc1ccc(Cl)cc1)CN1C(=O)C(=O)c2c(Br)cccc21. The molecule has 0 atom stereocenters. The lowest BCUT2D eigenvalue weighted by molar-refractivity contribution is -0.114. The zero-order valence-corrected chi connectivity index (χ0v) is 15.9. The fourth-order valence-corrected chi connectivity index (χ4v) is 3.27. The Morgan fingerprint density at radius 2 is 1.88 bits per heavy atom. The molecular formula is C18H16BrClN2O3. The first kappa shape index (κ1) is 17.9. The van der Waals surface area contributed by atoms with Crippen molar-refractivity contribution in [3.8, 4) is 5.75 Å². The van der Waals surface area contributed by atoms with Crippen LogP contribution in [0, 0.1) is 0 Å². The summed E-state index contributed by atoms with van der Waals surface area (Å²) in [6.07, 6.45) is 0. The number of halogens is 2. The van der Waals surface area contributed by atoms with E-state index in [0.717, 1.165) is 5.75 Å². The number of carbonyl (C=O) groups excluding carboxylic acids is 2. The van der Waals surface area contributed by atoms with Gasteiger partial charge in [-0.15, -0.1) is 0 Å². The van der Waals surface area contributed by atoms with Crippen LogP contribution in [0.1, 0.15) is 10.4 Å². The zero-order chi connectivity index (χ0) is 18.0. The van der Waals surface area contributed by atoms with E-state index in [1.807, 2.05) is 18.0 Å². The number of ether oxygens (including phenoxy) is 1. The summed E-state index contributed by atoms with van der Waals surface area (Å²) in [6.45, 7) is 1.38. The van der Waals surface area contributed by atoms with E-state index in [2.05, 4.69) is 15.9 Å². The predicted molar refractivity (Wildman–Crippen MR) is 100 cm³/mol. The highest BCUT2D eigenvalue weighted by Crippen LogP contribution is 2.34. The van der Waals surface area contributed by atoms with Crippen molar-refractivity contribution in [3.63, 3.8) is 0 Å². The maximum atomic E-state index is 12.3. The highest BCUT2D eigenvalue weighted by molar-refractivity contribution is 9.10. The molecule has 0 fully saturated rings. The van der Waals surface area contributed by atoms with Gasteiger partial charge in [0.25, 0.3) is 5.78 Å². The second kappa shape index (κ2) is 7.56. The summed E-state index contributed by atoms with van der Waals surface area (Å²) in [7, 11) is 1.87. The molecule has 2 aromatic carbocycles. The highest BCUT2D eigenvalue weighted by atomic mass is 79.9. The third-order valence-corrected chi connectivity index (χ3v) is 4.80. The molecule has 2 aromatic rings. The van der Waals surface area contributed by atoms with Crippen molar-refractivity contribution in [2.75, 3.05) is 31.8 Å². The Kier molecular flexibility index (Phi) is 5.42. The summed E-state index contributed by atoms with van der Waals surface area (Å²) in [5.74, 6) is -0.250. The van der Waals surface area contributed by atoms with E-state index >= 15 is 0 Å². The number of amides is 1. The molecule has 0 bridgehead atoms. The average Bonchev–Trinajstić information content (AvgIpc) is 2.83. The molecule has 1 heterocycles. The maximum Gasteiger partial charge on any atom is 0.300 e. The van der Waals surface area contributed by atoms with Crippen molar-refractivity contribution >= 4 is 44.9 Å². The van der Waals surface area contributed by atoms with Crippen molar-refractivity contribution in [1.82, 2.24) is 4.90 Å². The normalized spacial score (nSPS) is 13.5. The van der Waals surface area contributed by atoms with Crippen molar-refractivity contribution in [2.24, 2.45) is 0 Å². The second-order valence-corrected chi connectivity index (χ2v) is 7.01. The van der Waals surface area contributed by atoms with Crippen LogP contribution in [-0.4, -0.2) is 43.5 Å². The minimum atomic E-state index is -0.507. The third kappa shape index (κ3) is 3.86. The Balaban J connectivity index is 1.59. The second-order valence-electron chi connectivity index (χ2n) is 5.72. The van der Waals surface area contributed by atoms with Gasteiger partial charge in [-0.2, -0.15) is 0 Å². The molecule has 0 saturated carbocycles. The molecule has 0 saturated heterocycles.